The maximum atomic E-state index is 5.76. The predicted octanol–water partition coefficient (Wildman–Crippen LogP) is 2.55. The highest BCUT2D eigenvalue weighted by atomic mass is 35.5. The number of anilines is 1. The van der Waals surface area contributed by atoms with Crippen LogP contribution in [0.15, 0.2) is 6.07 Å². The molecule has 1 aromatic heterocycles. The molecule has 0 aromatic carbocycles. The van der Waals surface area contributed by atoms with Gasteiger partial charge in [-0.25, -0.2) is 9.97 Å². The topological polar surface area (TPSA) is 29.0 Å². The standard InChI is InChI=1S/C11H18ClN3/c1-4-6-15(7-5-12)11-13-9(2)8-10(3)14-11/h8H,4-7H2,1-3H3. The van der Waals surface area contributed by atoms with Gasteiger partial charge in [0, 0.05) is 30.4 Å². The van der Waals surface area contributed by atoms with Crippen molar-refractivity contribution in [3.8, 4) is 0 Å². The van der Waals surface area contributed by atoms with Crippen LogP contribution in [0.5, 0.6) is 0 Å². The third-order valence-electron chi connectivity index (χ3n) is 2.10. The fraction of sp³-hybridized carbons (Fsp3) is 0.636. The van der Waals surface area contributed by atoms with Gasteiger partial charge in [0.2, 0.25) is 5.95 Å². The maximum absolute atomic E-state index is 5.76. The highest BCUT2D eigenvalue weighted by molar-refractivity contribution is 6.18. The second-order valence-corrected chi connectivity index (χ2v) is 4.00. The summed E-state index contributed by atoms with van der Waals surface area (Å²) in [7, 11) is 0. The molecule has 3 nitrogen and oxygen atoms in total. The van der Waals surface area contributed by atoms with Crippen LogP contribution in [-0.2, 0) is 0 Å². The van der Waals surface area contributed by atoms with Gasteiger partial charge in [-0.1, -0.05) is 6.92 Å². The van der Waals surface area contributed by atoms with Gasteiger partial charge in [-0.05, 0) is 26.3 Å². The highest BCUT2D eigenvalue weighted by Gasteiger charge is 2.08. The van der Waals surface area contributed by atoms with Gasteiger partial charge in [-0.3, -0.25) is 0 Å². The van der Waals surface area contributed by atoms with E-state index in [0.29, 0.717) is 5.88 Å². The van der Waals surface area contributed by atoms with Crippen molar-refractivity contribution in [2.45, 2.75) is 27.2 Å². The van der Waals surface area contributed by atoms with Crippen LogP contribution in [0.3, 0.4) is 0 Å². The van der Waals surface area contributed by atoms with E-state index in [1.165, 1.54) is 0 Å². The van der Waals surface area contributed by atoms with Crippen molar-refractivity contribution in [3.05, 3.63) is 17.5 Å². The first-order chi connectivity index (χ1) is 7.17. The molecule has 1 rings (SSSR count). The Kier molecular flexibility index (Phi) is 4.82. The minimum absolute atomic E-state index is 0.607. The minimum atomic E-state index is 0.607. The molecule has 0 radical (unpaired) electrons. The molecular weight excluding hydrogens is 210 g/mol. The Balaban J connectivity index is 2.88. The number of aromatic nitrogens is 2. The average Bonchev–Trinajstić information content (AvgIpc) is 2.16. The molecule has 0 saturated carbocycles. The molecule has 4 heteroatoms. The number of hydrogen-bond donors (Lipinski definition) is 0. The Hall–Kier alpha value is -0.830. The Morgan fingerprint density at radius 3 is 2.27 bits per heavy atom. The lowest BCUT2D eigenvalue weighted by atomic mass is 10.3. The summed E-state index contributed by atoms with van der Waals surface area (Å²) in [6, 6.07) is 1.98. The number of hydrogen-bond acceptors (Lipinski definition) is 3. The Bertz CT molecular complexity index is 288. The van der Waals surface area contributed by atoms with Gasteiger partial charge >= 0.3 is 0 Å². The van der Waals surface area contributed by atoms with Gasteiger partial charge in [-0.15, -0.1) is 11.6 Å². The molecule has 0 spiro atoms. The summed E-state index contributed by atoms with van der Waals surface area (Å²) in [6.45, 7) is 7.88. The van der Waals surface area contributed by atoms with Crippen LogP contribution in [0.25, 0.3) is 0 Å². The maximum Gasteiger partial charge on any atom is 0.225 e. The monoisotopic (exact) mass is 227 g/mol. The van der Waals surface area contributed by atoms with Crippen LogP contribution in [0, 0.1) is 13.8 Å². The van der Waals surface area contributed by atoms with Crippen molar-refractivity contribution in [1.82, 2.24) is 9.97 Å². The third-order valence-corrected chi connectivity index (χ3v) is 2.27. The lowest BCUT2D eigenvalue weighted by molar-refractivity contribution is 0.758. The summed E-state index contributed by atoms with van der Waals surface area (Å²) in [5.41, 5.74) is 2.02. The Morgan fingerprint density at radius 2 is 1.80 bits per heavy atom. The van der Waals surface area contributed by atoms with E-state index in [-0.39, 0.29) is 0 Å². The van der Waals surface area contributed by atoms with Gasteiger partial charge in [-0.2, -0.15) is 0 Å². The number of rotatable bonds is 5. The van der Waals surface area contributed by atoms with Crippen LogP contribution in [0.4, 0.5) is 5.95 Å². The van der Waals surface area contributed by atoms with Crippen molar-refractivity contribution < 1.29 is 0 Å². The molecule has 0 atom stereocenters. The lowest BCUT2D eigenvalue weighted by Gasteiger charge is -2.21. The molecular formula is C11H18ClN3. The molecule has 0 aliphatic rings. The molecule has 0 unspecified atom stereocenters. The van der Waals surface area contributed by atoms with E-state index in [1.54, 1.807) is 0 Å². The van der Waals surface area contributed by atoms with Crippen LogP contribution in [0.2, 0.25) is 0 Å². The van der Waals surface area contributed by atoms with Gasteiger partial charge in [0.1, 0.15) is 0 Å². The molecule has 0 N–H and O–H groups in total. The van der Waals surface area contributed by atoms with E-state index >= 15 is 0 Å². The quantitative estimate of drug-likeness (QED) is 0.724. The first kappa shape index (κ1) is 12.2. The highest BCUT2D eigenvalue weighted by Crippen LogP contribution is 2.10. The van der Waals surface area contributed by atoms with E-state index in [0.717, 1.165) is 36.8 Å². The second kappa shape index (κ2) is 5.91. The van der Waals surface area contributed by atoms with E-state index < -0.39 is 0 Å². The largest absolute Gasteiger partial charge is 0.340 e. The predicted molar refractivity (Wildman–Crippen MR) is 64.7 cm³/mol. The fourth-order valence-electron chi connectivity index (χ4n) is 1.53. The molecule has 0 bridgehead atoms. The summed E-state index contributed by atoms with van der Waals surface area (Å²) >= 11 is 5.76. The molecule has 0 aliphatic heterocycles. The molecule has 1 aromatic rings. The van der Waals surface area contributed by atoms with Crippen LogP contribution < -0.4 is 4.90 Å². The van der Waals surface area contributed by atoms with Crippen molar-refractivity contribution in [1.29, 1.82) is 0 Å². The lowest BCUT2D eigenvalue weighted by Crippen LogP contribution is -2.28. The number of aryl methyl sites for hydroxylation is 2. The first-order valence-corrected chi connectivity index (χ1v) is 5.84. The first-order valence-electron chi connectivity index (χ1n) is 5.30. The van der Waals surface area contributed by atoms with Crippen molar-refractivity contribution >= 4 is 17.5 Å². The number of halogens is 1. The summed E-state index contributed by atoms with van der Waals surface area (Å²) < 4.78 is 0. The zero-order valence-electron chi connectivity index (χ0n) is 9.63. The molecule has 15 heavy (non-hydrogen) atoms. The fourth-order valence-corrected chi connectivity index (χ4v) is 1.74. The normalized spacial score (nSPS) is 10.4. The zero-order chi connectivity index (χ0) is 11.3. The second-order valence-electron chi connectivity index (χ2n) is 3.63. The molecule has 84 valence electrons. The summed E-state index contributed by atoms with van der Waals surface area (Å²) in [6.07, 6.45) is 1.08. The molecule has 0 saturated heterocycles. The average molecular weight is 228 g/mol. The van der Waals surface area contributed by atoms with E-state index in [4.69, 9.17) is 11.6 Å². The van der Waals surface area contributed by atoms with Gasteiger partial charge < -0.3 is 4.90 Å². The summed E-state index contributed by atoms with van der Waals surface area (Å²) in [5, 5.41) is 0. The number of nitrogens with zero attached hydrogens (tertiary/aromatic N) is 3. The summed E-state index contributed by atoms with van der Waals surface area (Å²) in [4.78, 5) is 11.0. The Morgan fingerprint density at radius 1 is 1.20 bits per heavy atom. The van der Waals surface area contributed by atoms with Gasteiger partial charge in [0.15, 0.2) is 0 Å². The van der Waals surface area contributed by atoms with E-state index in [9.17, 15) is 0 Å². The zero-order valence-corrected chi connectivity index (χ0v) is 10.4. The smallest absolute Gasteiger partial charge is 0.225 e. The van der Waals surface area contributed by atoms with Gasteiger partial charge in [0.25, 0.3) is 0 Å². The van der Waals surface area contributed by atoms with Crippen molar-refractivity contribution in [2.24, 2.45) is 0 Å². The molecule has 0 aliphatic carbocycles. The Labute approximate surface area is 96.5 Å². The van der Waals surface area contributed by atoms with Gasteiger partial charge in [0.05, 0.1) is 0 Å². The van der Waals surface area contributed by atoms with Crippen molar-refractivity contribution in [2.75, 3.05) is 23.9 Å². The molecule has 0 fully saturated rings. The van der Waals surface area contributed by atoms with E-state index in [1.807, 2.05) is 19.9 Å². The van der Waals surface area contributed by atoms with Crippen molar-refractivity contribution in [3.63, 3.8) is 0 Å². The van der Waals surface area contributed by atoms with Crippen LogP contribution in [0.1, 0.15) is 24.7 Å². The third kappa shape index (κ3) is 3.67. The number of alkyl halides is 1. The van der Waals surface area contributed by atoms with E-state index in [2.05, 4.69) is 21.8 Å². The molecule has 1 heterocycles. The van der Waals surface area contributed by atoms with Crippen LogP contribution >= 0.6 is 11.6 Å². The minimum Gasteiger partial charge on any atom is -0.340 e. The SMILES string of the molecule is CCCN(CCCl)c1nc(C)cc(C)n1. The summed E-state index contributed by atoms with van der Waals surface area (Å²) in [5.74, 6) is 1.41. The molecule has 0 amide bonds. The van der Waals surface area contributed by atoms with Crippen LogP contribution in [-0.4, -0.2) is 28.9 Å².